The number of hydrogen-bond acceptors (Lipinski definition) is 2. The molecule has 0 spiro atoms. The van der Waals surface area contributed by atoms with Crippen LogP contribution < -0.4 is 5.32 Å². The van der Waals surface area contributed by atoms with E-state index in [9.17, 15) is 4.39 Å². The molecule has 0 saturated heterocycles. The van der Waals surface area contributed by atoms with Crippen molar-refractivity contribution >= 4 is 11.4 Å². The Morgan fingerprint density at radius 2 is 1.75 bits per heavy atom. The van der Waals surface area contributed by atoms with Crippen LogP contribution >= 0.6 is 0 Å². The molecular formula is C16H14FN3. The maximum absolute atomic E-state index is 13.5. The molecule has 1 heterocycles. The van der Waals surface area contributed by atoms with Gasteiger partial charge in [0.05, 0.1) is 24.1 Å². The summed E-state index contributed by atoms with van der Waals surface area (Å²) in [7, 11) is 0. The standard InChI is InChI=1S/C16H14FN3/c17-15-8-4-5-9-16(15)19-14-10-18-20(12-14)11-13-6-2-1-3-7-13/h1-10,12,19H,11H2. The van der Waals surface area contributed by atoms with Gasteiger partial charge >= 0.3 is 0 Å². The maximum Gasteiger partial charge on any atom is 0.146 e. The number of nitrogens with one attached hydrogen (secondary N) is 1. The van der Waals surface area contributed by atoms with Crippen LogP contribution in [-0.2, 0) is 6.54 Å². The van der Waals surface area contributed by atoms with Gasteiger partial charge in [-0.05, 0) is 17.7 Å². The fourth-order valence-electron chi connectivity index (χ4n) is 2.00. The molecule has 1 N–H and O–H groups in total. The average Bonchev–Trinajstić information content (AvgIpc) is 2.90. The molecule has 1 aromatic heterocycles. The molecule has 0 amide bonds. The molecule has 20 heavy (non-hydrogen) atoms. The van der Waals surface area contributed by atoms with Crippen molar-refractivity contribution < 1.29 is 4.39 Å². The largest absolute Gasteiger partial charge is 0.351 e. The minimum atomic E-state index is -0.275. The quantitative estimate of drug-likeness (QED) is 0.779. The van der Waals surface area contributed by atoms with Crippen LogP contribution in [0.4, 0.5) is 15.8 Å². The summed E-state index contributed by atoms with van der Waals surface area (Å²) < 4.78 is 15.4. The van der Waals surface area contributed by atoms with Crippen LogP contribution in [0.1, 0.15) is 5.56 Å². The van der Waals surface area contributed by atoms with Gasteiger partial charge < -0.3 is 5.32 Å². The molecule has 3 rings (SSSR count). The summed E-state index contributed by atoms with van der Waals surface area (Å²) in [5, 5.41) is 7.29. The van der Waals surface area contributed by atoms with Crippen molar-refractivity contribution in [2.75, 3.05) is 5.32 Å². The number of halogens is 1. The van der Waals surface area contributed by atoms with Crippen molar-refractivity contribution in [3.05, 3.63) is 78.4 Å². The van der Waals surface area contributed by atoms with Gasteiger partial charge in [0.2, 0.25) is 0 Å². The fraction of sp³-hybridized carbons (Fsp3) is 0.0625. The second kappa shape index (κ2) is 5.57. The lowest BCUT2D eigenvalue weighted by Crippen LogP contribution is -1.99. The van der Waals surface area contributed by atoms with Gasteiger partial charge in [0.1, 0.15) is 5.82 Å². The van der Waals surface area contributed by atoms with Gasteiger partial charge in [-0.1, -0.05) is 42.5 Å². The first kappa shape index (κ1) is 12.4. The van der Waals surface area contributed by atoms with Crippen molar-refractivity contribution in [3.8, 4) is 0 Å². The Labute approximate surface area is 116 Å². The minimum Gasteiger partial charge on any atom is -0.351 e. The third-order valence-electron chi connectivity index (χ3n) is 2.97. The van der Waals surface area contributed by atoms with Crippen LogP contribution in [0.3, 0.4) is 0 Å². The van der Waals surface area contributed by atoms with E-state index in [-0.39, 0.29) is 5.82 Å². The van der Waals surface area contributed by atoms with Crippen molar-refractivity contribution in [1.29, 1.82) is 0 Å². The zero-order chi connectivity index (χ0) is 13.8. The number of anilines is 2. The highest BCUT2D eigenvalue weighted by Crippen LogP contribution is 2.19. The van der Waals surface area contributed by atoms with Gasteiger partial charge in [0, 0.05) is 6.20 Å². The monoisotopic (exact) mass is 267 g/mol. The van der Waals surface area contributed by atoms with E-state index in [2.05, 4.69) is 10.4 Å². The normalized spacial score (nSPS) is 10.4. The Morgan fingerprint density at radius 3 is 2.55 bits per heavy atom. The van der Waals surface area contributed by atoms with Gasteiger partial charge in [-0.25, -0.2) is 4.39 Å². The topological polar surface area (TPSA) is 29.9 Å². The molecule has 4 heteroatoms. The average molecular weight is 267 g/mol. The number of nitrogens with zero attached hydrogens (tertiary/aromatic N) is 2. The third kappa shape index (κ3) is 2.85. The van der Waals surface area contributed by atoms with E-state index in [0.29, 0.717) is 12.2 Å². The summed E-state index contributed by atoms with van der Waals surface area (Å²) in [6, 6.07) is 16.7. The van der Waals surface area contributed by atoms with Crippen LogP contribution in [0, 0.1) is 5.82 Å². The molecule has 0 saturated carbocycles. The number of benzene rings is 2. The van der Waals surface area contributed by atoms with Gasteiger partial charge in [-0.15, -0.1) is 0 Å². The van der Waals surface area contributed by atoms with Crippen LogP contribution in [0.25, 0.3) is 0 Å². The minimum absolute atomic E-state index is 0.275. The smallest absolute Gasteiger partial charge is 0.146 e. The van der Waals surface area contributed by atoms with Gasteiger partial charge in [0.15, 0.2) is 0 Å². The van der Waals surface area contributed by atoms with Gasteiger partial charge in [0.25, 0.3) is 0 Å². The highest BCUT2D eigenvalue weighted by atomic mass is 19.1. The first-order valence-corrected chi connectivity index (χ1v) is 6.39. The van der Waals surface area contributed by atoms with Crippen LogP contribution in [-0.4, -0.2) is 9.78 Å². The zero-order valence-corrected chi connectivity index (χ0v) is 10.8. The predicted octanol–water partition coefficient (Wildman–Crippen LogP) is 3.81. The van der Waals surface area contributed by atoms with Crippen molar-refractivity contribution in [3.63, 3.8) is 0 Å². The summed E-state index contributed by atoms with van der Waals surface area (Å²) in [5.74, 6) is -0.275. The van der Waals surface area contributed by atoms with E-state index in [1.165, 1.54) is 11.6 Å². The second-order valence-electron chi connectivity index (χ2n) is 4.52. The Balaban J connectivity index is 1.73. The van der Waals surface area contributed by atoms with Crippen LogP contribution in [0.2, 0.25) is 0 Å². The molecule has 0 aliphatic heterocycles. The number of rotatable bonds is 4. The Kier molecular flexibility index (Phi) is 3.46. The Bertz CT molecular complexity index is 692. The first-order chi connectivity index (χ1) is 9.81. The molecule has 3 aromatic rings. The molecule has 100 valence electrons. The number of hydrogen-bond donors (Lipinski definition) is 1. The predicted molar refractivity (Wildman–Crippen MR) is 77.5 cm³/mol. The van der Waals surface area contributed by atoms with E-state index >= 15 is 0 Å². The second-order valence-corrected chi connectivity index (χ2v) is 4.52. The zero-order valence-electron chi connectivity index (χ0n) is 10.8. The van der Waals surface area contributed by atoms with Crippen LogP contribution in [0.5, 0.6) is 0 Å². The summed E-state index contributed by atoms with van der Waals surface area (Å²) in [5.41, 5.74) is 2.39. The highest BCUT2D eigenvalue weighted by Gasteiger charge is 2.03. The van der Waals surface area contributed by atoms with E-state index < -0.39 is 0 Å². The molecule has 0 atom stereocenters. The molecule has 0 aliphatic rings. The van der Waals surface area contributed by atoms with E-state index in [1.807, 2.05) is 41.2 Å². The molecule has 2 aromatic carbocycles. The molecular weight excluding hydrogens is 253 g/mol. The summed E-state index contributed by atoms with van der Waals surface area (Å²) in [4.78, 5) is 0. The van der Waals surface area contributed by atoms with E-state index in [0.717, 1.165) is 5.69 Å². The van der Waals surface area contributed by atoms with Crippen molar-refractivity contribution in [1.82, 2.24) is 9.78 Å². The number of aromatic nitrogens is 2. The Morgan fingerprint density at radius 1 is 1.00 bits per heavy atom. The first-order valence-electron chi connectivity index (χ1n) is 6.39. The Hall–Kier alpha value is -2.62. The lowest BCUT2D eigenvalue weighted by molar-refractivity contribution is 0.632. The molecule has 0 bridgehead atoms. The summed E-state index contributed by atoms with van der Waals surface area (Å²) in [6.45, 7) is 0.694. The summed E-state index contributed by atoms with van der Waals surface area (Å²) in [6.07, 6.45) is 3.55. The van der Waals surface area contributed by atoms with Gasteiger partial charge in [-0.2, -0.15) is 5.10 Å². The lowest BCUT2D eigenvalue weighted by Gasteiger charge is -2.04. The van der Waals surface area contributed by atoms with E-state index in [4.69, 9.17) is 0 Å². The molecule has 0 radical (unpaired) electrons. The molecule has 0 unspecified atom stereocenters. The van der Waals surface area contributed by atoms with Crippen molar-refractivity contribution in [2.45, 2.75) is 6.54 Å². The molecule has 0 fully saturated rings. The summed E-state index contributed by atoms with van der Waals surface area (Å²) >= 11 is 0. The van der Waals surface area contributed by atoms with Crippen LogP contribution in [0.15, 0.2) is 67.0 Å². The SMILES string of the molecule is Fc1ccccc1Nc1cnn(Cc2ccccc2)c1. The highest BCUT2D eigenvalue weighted by molar-refractivity contribution is 5.58. The van der Waals surface area contributed by atoms with E-state index in [1.54, 1.807) is 24.4 Å². The molecule has 0 aliphatic carbocycles. The lowest BCUT2D eigenvalue weighted by atomic mass is 10.2. The van der Waals surface area contributed by atoms with Gasteiger partial charge in [-0.3, -0.25) is 4.68 Å². The molecule has 3 nitrogen and oxygen atoms in total. The van der Waals surface area contributed by atoms with Crippen molar-refractivity contribution in [2.24, 2.45) is 0 Å². The third-order valence-corrected chi connectivity index (χ3v) is 2.97. The maximum atomic E-state index is 13.5. The number of para-hydroxylation sites is 1. The fourth-order valence-corrected chi connectivity index (χ4v) is 2.00.